The van der Waals surface area contributed by atoms with Gasteiger partial charge in [0.1, 0.15) is 5.75 Å². The van der Waals surface area contributed by atoms with Gasteiger partial charge in [0.15, 0.2) is 11.5 Å². The molecule has 0 atom stereocenters. The highest BCUT2D eigenvalue weighted by Gasteiger charge is 2.05. The minimum atomic E-state index is -0.174. The zero-order valence-electron chi connectivity index (χ0n) is 14.4. The summed E-state index contributed by atoms with van der Waals surface area (Å²) < 4.78 is 10.1. The Bertz CT molecular complexity index is 727. The van der Waals surface area contributed by atoms with Crippen molar-refractivity contribution in [3.05, 3.63) is 53.6 Å². The van der Waals surface area contributed by atoms with Crippen LogP contribution >= 0.6 is 0 Å². The van der Waals surface area contributed by atoms with Crippen LogP contribution in [0.1, 0.15) is 24.0 Å². The molecule has 0 radical (unpaired) electrons. The molecule has 0 saturated heterocycles. The maximum absolute atomic E-state index is 11.8. The molecule has 0 heterocycles. The van der Waals surface area contributed by atoms with Gasteiger partial charge in [-0.1, -0.05) is 18.2 Å². The first-order chi connectivity index (χ1) is 12.1. The highest BCUT2D eigenvalue weighted by molar-refractivity contribution is 5.86. The first-order valence-electron chi connectivity index (χ1n) is 7.95. The summed E-state index contributed by atoms with van der Waals surface area (Å²) in [4.78, 5) is 11.8. The van der Waals surface area contributed by atoms with E-state index >= 15 is 0 Å². The Morgan fingerprint density at radius 3 is 2.60 bits per heavy atom. The third-order valence-corrected chi connectivity index (χ3v) is 3.67. The van der Waals surface area contributed by atoms with Crippen LogP contribution in [-0.2, 0) is 11.2 Å². The van der Waals surface area contributed by atoms with E-state index < -0.39 is 0 Å². The van der Waals surface area contributed by atoms with E-state index in [1.165, 1.54) is 13.3 Å². The molecule has 0 fully saturated rings. The third-order valence-electron chi connectivity index (χ3n) is 3.67. The van der Waals surface area contributed by atoms with Gasteiger partial charge in [-0.3, -0.25) is 4.79 Å². The number of rotatable bonds is 8. The molecule has 1 amide bonds. The van der Waals surface area contributed by atoms with E-state index in [2.05, 4.69) is 10.5 Å². The fourth-order valence-corrected chi connectivity index (χ4v) is 2.28. The summed E-state index contributed by atoms with van der Waals surface area (Å²) in [6.07, 6.45) is 3.28. The summed E-state index contributed by atoms with van der Waals surface area (Å²) in [5.74, 6) is 0.987. The molecule has 2 rings (SSSR count). The maximum Gasteiger partial charge on any atom is 0.240 e. The van der Waals surface area contributed by atoms with Gasteiger partial charge in [0, 0.05) is 12.0 Å². The summed E-state index contributed by atoms with van der Waals surface area (Å²) in [5, 5.41) is 13.8. The Hall–Kier alpha value is -3.02. The van der Waals surface area contributed by atoms with Crippen molar-refractivity contribution in [1.82, 2.24) is 5.43 Å². The average molecular weight is 342 g/mol. The number of hydrogen-bond acceptors (Lipinski definition) is 5. The molecule has 0 saturated carbocycles. The lowest BCUT2D eigenvalue weighted by Crippen LogP contribution is -2.17. The molecular formula is C19H22N2O4. The fourth-order valence-electron chi connectivity index (χ4n) is 2.28. The lowest BCUT2D eigenvalue weighted by Gasteiger charge is -2.05. The van der Waals surface area contributed by atoms with Crippen molar-refractivity contribution in [2.24, 2.45) is 5.10 Å². The van der Waals surface area contributed by atoms with Crippen LogP contribution in [0.5, 0.6) is 17.2 Å². The van der Waals surface area contributed by atoms with E-state index in [1.54, 1.807) is 25.3 Å². The van der Waals surface area contributed by atoms with Crippen LogP contribution in [-0.4, -0.2) is 31.4 Å². The Kier molecular flexibility index (Phi) is 6.83. The zero-order chi connectivity index (χ0) is 18.1. The van der Waals surface area contributed by atoms with Crippen molar-refractivity contribution in [3.63, 3.8) is 0 Å². The van der Waals surface area contributed by atoms with Gasteiger partial charge < -0.3 is 14.6 Å². The fraction of sp³-hybridized carbons (Fsp3) is 0.263. The van der Waals surface area contributed by atoms with E-state index in [0.29, 0.717) is 17.7 Å². The molecule has 0 unspecified atom stereocenters. The van der Waals surface area contributed by atoms with Crippen molar-refractivity contribution in [2.75, 3.05) is 14.2 Å². The van der Waals surface area contributed by atoms with Gasteiger partial charge in [0.2, 0.25) is 5.91 Å². The lowest BCUT2D eigenvalue weighted by atomic mass is 10.1. The van der Waals surface area contributed by atoms with Gasteiger partial charge in [-0.2, -0.15) is 5.10 Å². The van der Waals surface area contributed by atoms with Crippen molar-refractivity contribution in [2.45, 2.75) is 19.3 Å². The molecule has 6 nitrogen and oxygen atoms in total. The van der Waals surface area contributed by atoms with Gasteiger partial charge in [-0.25, -0.2) is 5.43 Å². The molecule has 132 valence electrons. The number of nitrogens with zero attached hydrogens (tertiary/aromatic N) is 1. The summed E-state index contributed by atoms with van der Waals surface area (Å²) in [5.41, 5.74) is 4.08. The SMILES string of the molecule is COc1ccc(CCCC(=O)NN=Cc2cccc(OC)c2O)cc1. The van der Waals surface area contributed by atoms with Crippen LogP contribution in [0.15, 0.2) is 47.6 Å². The highest BCUT2D eigenvalue weighted by Crippen LogP contribution is 2.27. The number of amides is 1. The molecule has 2 aromatic carbocycles. The van der Waals surface area contributed by atoms with Gasteiger partial charge in [-0.05, 0) is 42.7 Å². The van der Waals surface area contributed by atoms with Gasteiger partial charge in [0.05, 0.1) is 20.4 Å². The molecule has 0 bridgehead atoms. The quantitative estimate of drug-likeness (QED) is 0.571. The minimum absolute atomic E-state index is 0.0116. The van der Waals surface area contributed by atoms with Crippen LogP contribution in [0.25, 0.3) is 0 Å². The van der Waals surface area contributed by atoms with Crippen LogP contribution in [0, 0.1) is 0 Å². The molecule has 0 aliphatic carbocycles. The number of phenolic OH excluding ortho intramolecular Hbond substituents is 1. The predicted octanol–water partition coefficient (Wildman–Crippen LogP) is 2.88. The maximum atomic E-state index is 11.8. The van der Waals surface area contributed by atoms with Gasteiger partial charge in [0.25, 0.3) is 0 Å². The van der Waals surface area contributed by atoms with E-state index in [-0.39, 0.29) is 11.7 Å². The summed E-state index contributed by atoms with van der Waals surface area (Å²) in [7, 11) is 3.10. The average Bonchev–Trinajstić information content (AvgIpc) is 2.64. The molecule has 0 spiro atoms. The normalized spacial score (nSPS) is 10.6. The first kappa shape index (κ1) is 18.3. The molecule has 0 aliphatic heterocycles. The second-order valence-electron chi connectivity index (χ2n) is 5.39. The summed E-state index contributed by atoms with van der Waals surface area (Å²) in [6.45, 7) is 0. The molecule has 6 heteroatoms. The summed E-state index contributed by atoms with van der Waals surface area (Å²) in [6, 6.07) is 12.8. The lowest BCUT2D eigenvalue weighted by molar-refractivity contribution is -0.121. The topological polar surface area (TPSA) is 80.2 Å². The molecule has 2 aromatic rings. The largest absolute Gasteiger partial charge is 0.504 e. The molecule has 25 heavy (non-hydrogen) atoms. The van der Waals surface area contributed by atoms with Crippen molar-refractivity contribution < 1.29 is 19.4 Å². The van der Waals surface area contributed by atoms with Crippen molar-refractivity contribution in [1.29, 1.82) is 0 Å². The second-order valence-corrected chi connectivity index (χ2v) is 5.39. The van der Waals surface area contributed by atoms with Crippen LogP contribution in [0.3, 0.4) is 0 Å². The number of aromatic hydroxyl groups is 1. The number of benzene rings is 2. The minimum Gasteiger partial charge on any atom is -0.504 e. The number of carbonyl (C=O) groups is 1. The number of phenols is 1. The monoisotopic (exact) mass is 342 g/mol. The third kappa shape index (κ3) is 5.53. The van der Waals surface area contributed by atoms with Crippen LogP contribution in [0.2, 0.25) is 0 Å². The Morgan fingerprint density at radius 1 is 1.16 bits per heavy atom. The highest BCUT2D eigenvalue weighted by atomic mass is 16.5. The number of carbonyl (C=O) groups excluding carboxylic acids is 1. The predicted molar refractivity (Wildman–Crippen MR) is 96.3 cm³/mol. The second kappa shape index (κ2) is 9.32. The van der Waals surface area contributed by atoms with Gasteiger partial charge >= 0.3 is 0 Å². The summed E-state index contributed by atoms with van der Waals surface area (Å²) >= 11 is 0. The van der Waals surface area contributed by atoms with E-state index in [1.807, 2.05) is 24.3 Å². The molecule has 0 aromatic heterocycles. The molecular weight excluding hydrogens is 320 g/mol. The van der Waals surface area contributed by atoms with Crippen molar-refractivity contribution in [3.8, 4) is 17.2 Å². The number of nitrogens with one attached hydrogen (secondary N) is 1. The van der Waals surface area contributed by atoms with E-state index in [9.17, 15) is 9.90 Å². The van der Waals surface area contributed by atoms with Crippen LogP contribution < -0.4 is 14.9 Å². The zero-order valence-corrected chi connectivity index (χ0v) is 14.4. The number of methoxy groups -OCH3 is 2. The van der Waals surface area contributed by atoms with E-state index in [0.717, 1.165) is 24.2 Å². The first-order valence-corrected chi connectivity index (χ1v) is 7.95. The number of hydrazone groups is 1. The Morgan fingerprint density at radius 2 is 1.92 bits per heavy atom. The van der Waals surface area contributed by atoms with Gasteiger partial charge in [-0.15, -0.1) is 0 Å². The number of para-hydroxylation sites is 1. The van der Waals surface area contributed by atoms with Crippen molar-refractivity contribution >= 4 is 12.1 Å². The standard InChI is InChI=1S/C19H22N2O4/c1-24-16-11-9-14(10-12-16)5-3-8-18(22)21-20-13-15-6-4-7-17(25-2)19(15)23/h4,6-7,9-13,23H,3,5,8H2,1-2H3,(H,21,22). The Labute approximate surface area is 147 Å². The number of ether oxygens (including phenoxy) is 2. The smallest absolute Gasteiger partial charge is 0.240 e. The number of hydrogen-bond donors (Lipinski definition) is 2. The Balaban J connectivity index is 1.76. The molecule has 0 aliphatic rings. The van der Waals surface area contributed by atoms with E-state index in [4.69, 9.17) is 9.47 Å². The van der Waals surface area contributed by atoms with Crippen LogP contribution in [0.4, 0.5) is 0 Å². The number of aryl methyl sites for hydroxylation is 1. The molecule has 2 N–H and O–H groups in total.